The average Bonchev–Trinajstić information content (AvgIpc) is 2.69. The van der Waals surface area contributed by atoms with E-state index >= 15 is 0 Å². The third-order valence-corrected chi connectivity index (χ3v) is 5.29. The minimum Gasteiger partial charge on any atom is -0.274 e. The summed E-state index contributed by atoms with van der Waals surface area (Å²) in [5.74, 6) is 2.59. The van der Waals surface area contributed by atoms with Gasteiger partial charge < -0.3 is 0 Å². The van der Waals surface area contributed by atoms with E-state index in [0.29, 0.717) is 17.7 Å². The lowest BCUT2D eigenvalue weighted by Gasteiger charge is -2.15. The molecule has 1 N–H and O–H groups in total. The zero-order valence-electron chi connectivity index (χ0n) is 15.0. The van der Waals surface area contributed by atoms with Crippen molar-refractivity contribution in [3.63, 3.8) is 0 Å². The van der Waals surface area contributed by atoms with Crippen LogP contribution in [0.15, 0.2) is 71.6 Å². The van der Waals surface area contributed by atoms with E-state index in [1.54, 1.807) is 35.1 Å². The molecule has 3 aromatic carbocycles. The van der Waals surface area contributed by atoms with E-state index in [4.69, 9.17) is 0 Å². The molecular weight excluding hydrogens is 425 g/mol. The Hall–Kier alpha value is -3.38. The van der Waals surface area contributed by atoms with Crippen LogP contribution >= 0.6 is 0 Å². The molecule has 154 valence electrons. The van der Waals surface area contributed by atoms with Crippen LogP contribution in [0.2, 0.25) is 0 Å². The van der Waals surface area contributed by atoms with Crippen LogP contribution in [0, 0.1) is 23.5 Å². The number of hydrogen-bond acceptors (Lipinski definition) is 2. The highest BCUT2D eigenvalue weighted by Gasteiger charge is 2.37. The van der Waals surface area contributed by atoms with Gasteiger partial charge in [0.25, 0.3) is 10.0 Å². The molecule has 0 aliphatic rings. The summed E-state index contributed by atoms with van der Waals surface area (Å²) in [7, 11) is -4.93. The fraction of sp³-hybridized carbons (Fsp3) is 0.0476. The fourth-order valence-electron chi connectivity index (χ4n) is 2.53. The summed E-state index contributed by atoms with van der Waals surface area (Å²) in [5.41, 5.74) is -2.04. The van der Waals surface area contributed by atoms with E-state index in [1.165, 1.54) is 0 Å². The quantitative estimate of drug-likeness (QED) is 0.453. The second kappa shape index (κ2) is 8.16. The van der Waals surface area contributed by atoms with E-state index in [1.807, 2.05) is 0 Å². The molecule has 0 saturated heterocycles. The van der Waals surface area contributed by atoms with Gasteiger partial charge in [-0.05, 0) is 36.4 Å². The monoisotopic (exact) mass is 437 g/mol. The predicted molar refractivity (Wildman–Crippen MR) is 101 cm³/mol. The summed E-state index contributed by atoms with van der Waals surface area (Å²) in [6.45, 7) is 0. The van der Waals surface area contributed by atoms with Gasteiger partial charge in [0.1, 0.15) is 5.69 Å². The number of benzene rings is 3. The van der Waals surface area contributed by atoms with Crippen LogP contribution in [0.3, 0.4) is 0 Å². The van der Waals surface area contributed by atoms with Gasteiger partial charge in [-0.3, -0.25) is 4.72 Å². The van der Waals surface area contributed by atoms with E-state index in [2.05, 4.69) is 11.8 Å². The molecule has 0 heterocycles. The molecule has 0 unspecified atom stereocenters. The SMILES string of the molecule is O=S(=O)(Nc1c(F)cc(C#Cc2ccccc2)cc1F)c1ccccc1C(F)(F)F. The van der Waals surface area contributed by atoms with Crippen LogP contribution < -0.4 is 4.72 Å². The lowest BCUT2D eigenvalue weighted by atomic mass is 10.1. The number of rotatable bonds is 3. The van der Waals surface area contributed by atoms with Gasteiger partial charge >= 0.3 is 6.18 Å². The minimum absolute atomic E-state index is 0.0764. The maximum Gasteiger partial charge on any atom is 0.417 e. The van der Waals surface area contributed by atoms with Crippen molar-refractivity contribution in [3.8, 4) is 11.8 Å². The summed E-state index contributed by atoms with van der Waals surface area (Å²) in [6.07, 6.45) is -4.97. The van der Waals surface area contributed by atoms with Gasteiger partial charge in [-0.1, -0.05) is 42.2 Å². The van der Waals surface area contributed by atoms with Crippen molar-refractivity contribution in [2.24, 2.45) is 0 Å². The van der Waals surface area contributed by atoms with Crippen molar-refractivity contribution in [1.82, 2.24) is 0 Å². The summed E-state index contributed by atoms with van der Waals surface area (Å²) in [5, 5.41) is 0. The van der Waals surface area contributed by atoms with Crippen molar-refractivity contribution < 1.29 is 30.4 Å². The Morgan fingerprint density at radius 1 is 0.767 bits per heavy atom. The zero-order valence-corrected chi connectivity index (χ0v) is 15.8. The van der Waals surface area contributed by atoms with Crippen LogP contribution in [0.5, 0.6) is 0 Å². The van der Waals surface area contributed by atoms with E-state index in [9.17, 15) is 30.4 Å². The molecule has 0 aromatic heterocycles. The topological polar surface area (TPSA) is 46.2 Å². The first-order valence-electron chi connectivity index (χ1n) is 8.33. The Bertz CT molecular complexity index is 1220. The molecular formula is C21H12F5NO2S. The molecule has 0 aliphatic carbocycles. The Kier molecular flexibility index (Phi) is 5.80. The van der Waals surface area contributed by atoms with Gasteiger partial charge in [0, 0.05) is 11.1 Å². The third kappa shape index (κ3) is 4.78. The standard InChI is InChI=1S/C21H12F5NO2S/c22-17-12-15(11-10-14-6-2-1-3-7-14)13-18(23)20(17)27-30(28,29)19-9-5-4-8-16(19)21(24,25)26/h1-9,12-13,27H. The Balaban J connectivity index is 1.96. The van der Waals surface area contributed by atoms with Gasteiger partial charge in [0.05, 0.1) is 10.5 Å². The lowest BCUT2D eigenvalue weighted by molar-refractivity contribution is -0.139. The number of anilines is 1. The normalized spacial score (nSPS) is 11.5. The molecule has 0 aliphatic heterocycles. The molecule has 0 spiro atoms. The first-order valence-corrected chi connectivity index (χ1v) is 9.81. The van der Waals surface area contributed by atoms with Crippen LogP contribution in [0.4, 0.5) is 27.6 Å². The fourth-order valence-corrected chi connectivity index (χ4v) is 3.84. The number of sulfonamides is 1. The van der Waals surface area contributed by atoms with E-state index < -0.39 is 44.0 Å². The van der Waals surface area contributed by atoms with Crippen molar-refractivity contribution >= 4 is 15.7 Å². The average molecular weight is 437 g/mol. The smallest absolute Gasteiger partial charge is 0.274 e. The van der Waals surface area contributed by atoms with Crippen LogP contribution in [0.1, 0.15) is 16.7 Å². The molecule has 3 aromatic rings. The molecule has 0 fully saturated rings. The first kappa shape index (κ1) is 21.3. The van der Waals surface area contributed by atoms with Gasteiger partial charge in [-0.15, -0.1) is 0 Å². The molecule has 3 rings (SSSR count). The van der Waals surface area contributed by atoms with Crippen molar-refractivity contribution in [1.29, 1.82) is 0 Å². The molecule has 3 nitrogen and oxygen atoms in total. The van der Waals surface area contributed by atoms with Crippen molar-refractivity contribution in [3.05, 3.63) is 95.1 Å². The number of halogens is 5. The number of nitrogens with one attached hydrogen (secondary N) is 1. The van der Waals surface area contributed by atoms with Crippen molar-refractivity contribution in [2.45, 2.75) is 11.1 Å². The maximum absolute atomic E-state index is 14.4. The number of hydrogen-bond donors (Lipinski definition) is 1. The molecule has 0 radical (unpaired) electrons. The van der Waals surface area contributed by atoms with Gasteiger partial charge in [-0.25, -0.2) is 17.2 Å². The molecule has 9 heteroatoms. The number of alkyl halides is 3. The zero-order chi connectivity index (χ0) is 21.9. The van der Waals surface area contributed by atoms with Gasteiger partial charge in [0.2, 0.25) is 0 Å². The van der Waals surface area contributed by atoms with Crippen LogP contribution in [-0.2, 0) is 16.2 Å². The highest BCUT2D eigenvalue weighted by molar-refractivity contribution is 7.92. The Morgan fingerprint density at radius 2 is 1.30 bits per heavy atom. The largest absolute Gasteiger partial charge is 0.417 e. The Labute approximate surface area is 169 Å². The molecule has 0 saturated carbocycles. The van der Waals surface area contributed by atoms with Gasteiger partial charge in [-0.2, -0.15) is 13.2 Å². The molecule has 0 amide bonds. The molecule has 0 bridgehead atoms. The predicted octanol–water partition coefficient (Wildman–Crippen LogP) is 5.18. The summed E-state index contributed by atoms with van der Waals surface area (Å²) in [4.78, 5) is -1.15. The molecule has 30 heavy (non-hydrogen) atoms. The van der Waals surface area contributed by atoms with Crippen LogP contribution in [-0.4, -0.2) is 8.42 Å². The minimum atomic E-state index is -4.97. The third-order valence-electron chi connectivity index (χ3n) is 3.89. The Morgan fingerprint density at radius 3 is 1.90 bits per heavy atom. The summed E-state index contributed by atoms with van der Waals surface area (Å²) >= 11 is 0. The molecule has 0 atom stereocenters. The van der Waals surface area contributed by atoms with E-state index in [-0.39, 0.29) is 5.56 Å². The maximum atomic E-state index is 14.4. The second-order valence-electron chi connectivity index (χ2n) is 6.03. The summed E-state index contributed by atoms with van der Waals surface area (Å²) in [6, 6.07) is 13.5. The first-order chi connectivity index (χ1) is 14.1. The van der Waals surface area contributed by atoms with Crippen molar-refractivity contribution in [2.75, 3.05) is 4.72 Å². The van der Waals surface area contributed by atoms with E-state index in [0.717, 1.165) is 24.3 Å². The highest BCUT2D eigenvalue weighted by Crippen LogP contribution is 2.35. The van der Waals surface area contributed by atoms with Gasteiger partial charge in [0.15, 0.2) is 11.6 Å². The second-order valence-corrected chi connectivity index (χ2v) is 7.68. The highest BCUT2D eigenvalue weighted by atomic mass is 32.2. The van der Waals surface area contributed by atoms with Crippen LogP contribution in [0.25, 0.3) is 0 Å². The lowest BCUT2D eigenvalue weighted by Crippen LogP contribution is -2.20. The summed E-state index contributed by atoms with van der Waals surface area (Å²) < 4.78 is 94.4.